The third-order valence-electron chi connectivity index (χ3n) is 3.40. The number of benzene rings is 2. The predicted molar refractivity (Wildman–Crippen MR) is 78.2 cm³/mol. The van der Waals surface area contributed by atoms with E-state index in [0.29, 0.717) is 17.0 Å². The number of rotatable bonds is 3. The summed E-state index contributed by atoms with van der Waals surface area (Å²) in [6, 6.07) is 10.9. The Labute approximate surface area is 126 Å². The number of nitrogens with zero attached hydrogens (tertiary/aromatic N) is 1. The molecule has 0 aliphatic carbocycles. The van der Waals surface area contributed by atoms with Crippen LogP contribution in [0.15, 0.2) is 42.5 Å². The molecule has 22 heavy (non-hydrogen) atoms. The van der Waals surface area contributed by atoms with E-state index in [0.717, 1.165) is 0 Å². The molecule has 0 saturated carbocycles. The van der Waals surface area contributed by atoms with E-state index in [1.54, 1.807) is 18.2 Å². The van der Waals surface area contributed by atoms with E-state index in [1.807, 2.05) is 0 Å². The van der Waals surface area contributed by atoms with Gasteiger partial charge in [-0.15, -0.1) is 0 Å². The van der Waals surface area contributed by atoms with Crippen LogP contribution in [0.25, 0.3) is 0 Å². The normalized spacial score (nSPS) is 13.5. The van der Waals surface area contributed by atoms with Gasteiger partial charge in [0.1, 0.15) is 11.5 Å². The molecule has 1 aliphatic rings. The summed E-state index contributed by atoms with van der Waals surface area (Å²) in [6.07, 6.45) is 0. The van der Waals surface area contributed by atoms with Gasteiger partial charge in [0.15, 0.2) is 6.61 Å². The van der Waals surface area contributed by atoms with E-state index in [9.17, 15) is 14.7 Å². The second-order valence-electron chi connectivity index (χ2n) is 4.93. The van der Waals surface area contributed by atoms with Crippen LogP contribution in [0.2, 0.25) is 0 Å². The molecule has 3 rings (SSSR count). The summed E-state index contributed by atoms with van der Waals surface area (Å²) in [4.78, 5) is 24.6. The molecule has 0 saturated heterocycles. The van der Waals surface area contributed by atoms with E-state index in [1.165, 1.54) is 29.2 Å². The van der Waals surface area contributed by atoms with Gasteiger partial charge >= 0.3 is 5.97 Å². The quantitative estimate of drug-likeness (QED) is 0.905. The molecule has 2 aromatic rings. The number of anilines is 1. The van der Waals surface area contributed by atoms with E-state index in [4.69, 9.17) is 9.84 Å². The highest BCUT2D eigenvalue weighted by Gasteiger charge is 2.26. The first-order valence-electron chi connectivity index (χ1n) is 6.63. The highest BCUT2D eigenvalue weighted by atomic mass is 16.5. The van der Waals surface area contributed by atoms with Gasteiger partial charge in [-0.05, 0) is 29.8 Å². The van der Waals surface area contributed by atoms with Gasteiger partial charge in [0, 0.05) is 6.07 Å². The summed E-state index contributed by atoms with van der Waals surface area (Å²) < 4.78 is 5.32. The number of phenolic OH excluding ortho intramolecular Hbond substituents is 1. The topological polar surface area (TPSA) is 87.1 Å². The van der Waals surface area contributed by atoms with Gasteiger partial charge in [-0.3, -0.25) is 4.79 Å². The molecule has 6 heteroatoms. The van der Waals surface area contributed by atoms with Crippen molar-refractivity contribution in [3.05, 3.63) is 53.6 Å². The number of hydrogen-bond donors (Lipinski definition) is 2. The van der Waals surface area contributed by atoms with Crippen LogP contribution < -0.4 is 9.64 Å². The highest BCUT2D eigenvalue weighted by Crippen LogP contribution is 2.35. The first kappa shape index (κ1) is 13.9. The third kappa shape index (κ3) is 2.58. The van der Waals surface area contributed by atoms with Crippen molar-refractivity contribution < 1.29 is 24.5 Å². The standard InChI is InChI=1S/C16H13NO5/c18-12-4-5-14-13(7-12)17(15(19)9-22-14)8-10-2-1-3-11(6-10)16(20)21/h1-7,18H,8-9H2,(H,20,21). The fraction of sp³-hybridized carbons (Fsp3) is 0.125. The zero-order chi connectivity index (χ0) is 15.7. The Balaban J connectivity index is 1.95. The summed E-state index contributed by atoms with van der Waals surface area (Å²) in [5.74, 6) is -0.736. The second kappa shape index (κ2) is 5.40. The number of aromatic carboxylic acids is 1. The number of amides is 1. The predicted octanol–water partition coefficient (Wildman–Crippen LogP) is 2.02. The molecule has 0 radical (unpaired) electrons. The molecule has 2 aromatic carbocycles. The lowest BCUT2D eigenvalue weighted by Crippen LogP contribution is -2.38. The molecule has 0 aromatic heterocycles. The van der Waals surface area contributed by atoms with E-state index < -0.39 is 5.97 Å². The zero-order valence-corrected chi connectivity index (χ0v) is 11.5. The highest BCUT2D eigenvalue weighted by molar-refractivity contribution is 5.98. The van der Waals surface area contributed by atoms with Crippen molar-refractivity contribution in [1.29, 1.82) is 0 Å². The van der Waals surface area contributed by atoms with E-state index >= 15 is 0 Å². The monoisotopic (exact) mass is 299 g/mol. The number of hydrogen-bond acceptors (Lipinski definition) is 4. The van der Waals surface area contributed by atoms with Crippen LogP contribution >= 0.6 is 0 Å². The van der Waals surface area contributed by atoms with Gasteiger partial charge < -0.3 is 19.8 Å². The molecule has 112 valence electrons. The smallest absolute Gasteiger partial charge is 0.335 e. The molecule has 0 bridgehead atoms. The molecule has 0 spiro atoms. The van der Waals surface area contributed by atoms with Crippen molar-refractivity contribution in [2.45, 2.75) is 6.54 Å². The van der Waals surface area contributed by atoms with Crippen molar-refractivity contribution in [3.8, 4) is 11.5 Å². The molecular formula is C16H13NO5. The fourth-order valence-electron chi connectivity index (χ4n) is 2.35. The molecule has 6 nitrogen and oxygen atoms in total. The van der Waals surface area contributed by atoms with Crippen molar-refractivity contribution in [1.82, 2.24) is 0 Å². The minimum absolute atomic E-state index is 0.0290. The van der Waals surface area contributed by atoms with Gasteiger partial charge in [0.25, 0.3) is 5.91 Å². The molecular weight excluding hydrogens is 286 g/mol. The Morgan fingerprint density at radius 2 is 2.05 bits per heavy atom. The maximum absolute atomic E-state index is 12.1. The van der Waals surface area contributed by atoms with Gasteiger partial charge in [0.05, 0.1) is 17.8 Å². The number of phenols is 1. The minimum atomic E-state index is -1.02. The lowest BCUT2D eigenvalue weighted by molar-refractivity contribution is -0.121. The number of carboxylic acid groups (broad SMARTS) is 1. The average Bonchev–Trinajstić information content (AvgIpc) is 2.50. The molecule has 0 fully saturated rings. The summed E-state index contributed by atoms with van der Waals surface area (Å²) in [5.41, 5.74) is 1.32. The van der Waals surface area contributed by atoms with Gasteiger partial charge in [-0.25, -0.2) is 4.79 Å². The minimum Gasteiger partial charge on any atom is -0.508 e. The molecule has 1 amide bonds. The Kier molecular flexibility index (Phi) is 3.42. The van der Waals surface area contributed by atoms with Crippen LogP contribution in [-0.2, 0) is 11.3 Å². The number of ether oxygens (including phenoxy) is 1. The average molecular weight is 299 g/mol. The zero-order valence-electron chi connectivity index (χ0n) is 11.5. The first-order chi connectivity index (χ1) is 10.5. The van der Waals surface area contributed by atoms with Crippen LogP contribution in [0.5, 0.6) is 11.5 Å². The SMILES string of the molecule is O=C(O)c1cccc(CN2C(=O)COc3ccc(O)cc32)c1. The lowest BCUT2D eigenvalue weighted by atomic mass is 10.1. The summed E-state index contributed by atoms with van der Waals surface area (Å²) in [7, 11) is 0. The van der Waals surface area contributed by atoms with Crippen LogP contribution in [0.3, 0.4) is 0 Å². The van der Waals surface area contributed by atoms with Crippen molar-refractivity contribution in [3.63, 3.8) is 0 Å². The van der Waals surface area contributed by atoms with Crippen LogP contribution in [-0.4, -0.2) is 28.7 Å². The van der Waals surface area contributed by atoms with Gasteiger partial charge in [-0.2, -0.15) is 0 Å². The number of carboxylic acids is 1. The van der Waals surface area contributed by atoms with E-state index in [-0.39, 0.29) is 30.4 Å². The van der Waals surface area contributed by atoms with Crippen LogP contribution in [0.1, 0.15) is 15.9 Å². The largest absolute Gasteiger partial charge is 0.508 e. The first-order valence-corrected chi connectivity index (χ1v) is 6.63. The molecule has 0 atom stereocenters. The molecule has 1 aliphatic heterocycles. The van der Waals surface area contributed by atoms with Crippen LogP contribution in [0, 0.1) is 0 Å². The fourth-order valence-corrected chi connectivity index (χ4v) is 2.35. The van der Waals surface area contributed by atoms with Crippen molar-refractivity contribution in [2.75, 3.05) is 11.5 Å². The van der Waals surface area contributed by atoms with Crippen LogP contribution in [0.4, 0.5) is 5.69 Å². The molecule has 0 unspecified atom stereocenters. The van der Waals surface area contributed by atoms with Crippen molar-refractivity contribution >= 4 is 17.6 Å². The van der Waals surface area contributed by atoms with E-state index in [2.05, 4.69) is 0 Å². The number of fused-ring (bicyclic) bond motifs is 1. The second-order valence-corrected chi connectivity index (χ2v) is 4.93. The number of aromatic hydroxyl groups is 1. The Morgan fingerprint density at radius 3 is 2.82 bits per heavy atom. The Bertz CT molecular complexity index is 756. The summed E-state index contributed by atoms with van der Waals surface area (Å²) in [6.45, 7) is 0.121. The summed E-state index contributed by atoms with van der Waals surface area (Å²) in [5, 5.41) is 18.6. The maximum Gasteiger partial charge on any atom is 0.335 e. The van der Waals surface area contributed by atoms with Crippen molar-refractivity contribution in [2.24, 2.45) is 0 Å². The molecule has 1 heterocycles. The Morgan fingerprint density at radius 1 is 1.23 bits per heavy atom. The summed E-state index contributed by atoms with van der Waals surface area (Å²) >= 11 is 0. The molecule has 2 N–H and O–H groups in total. The number of carbonyl (C=O) groups excluding carboxylic acids is 1. The van der Waals surface area contributed by atoms with Gasteiger partial charge in [-0.1, -0.05) is 12.1 Å². The maximum atomic E-state index is 12.1. The van der Waals surface area contributed by atoms with Gasteiger partial charge in [0.2, 0.25) is 0 Å². The third-order valence-corrected chi connectivity index (χ3v) is 3.40. The number of carbonyl (C=O) groups is 2. The lowest BCUT2D eigenvalue weighted by Gasteiger charge is -2.29. The Hall–Kier alpha value is -3.02.